The topological polar surface area (TPSA) is 29.5 Å². The second kappa shape index (κ2) is 3.84. The fourth-order valence-corrected chi connectivity index (χ4v) is 1.94. The molecule has 1 atom stereocenters. The number of hydrogen-bond donors (Lipinski definition) is 0. The summed E-state index contributed by atoms with van der Waals surface area (Å²) in [4.78, 5) is 13.5. The van der Waals surface area contributed by atoms with E-state index in [1.54, 1.807) is 0 Å². The summed E-state index contributed by atoms with van der Waals surface area (Å²) in [5, 5.41) is -0.280. The Labute approximate surface area is 83.0 Å². The Morgan fingerprint density at radius 3 is 2.54 bits per heavy atom. The number of hydrogen-bond acceptors (Lipinski definition) is 2. The Bertz CT molecular complexity index is 200. The molecule has 1 amide bonds. The van der Waals surface area contributed by atoms with Crippen LogP contribution in [0.5, 0.6) is 0 Å². The van der Waals surface area contributed by atoms with Gasteiger partial charge in [-0.1, -0.05) is 0 Å². The fraction of sp³-hybridized carbons (Fsp3) is 0.889. The van der Waals surface area contributed by atoms with Gasteiger partial charge in [-0.25, -0.2) is 0 Å². The van der Waals surface area contributed by atoms with E-state index in [1.165, 1.54) is 0 Å². The van der Waals surface area contributed by atoms with E-state index < -0.39 is 0 Å². The van der Waals surface area contributed by atoms with Crippen molar-refractivity contribution < 1.29 is 9.53 Å². The highest BCUT2D eigenvalue weighted by Gasteiger charge is 2.37. The third kappa shape index (κ3) is 2.15. The summed E-state index contributed by atoms with van der Waals surface area (Å²) in [6, 6.07) is 0. The molecule has 0 aromatic rings. The third-order valence-corrected chi connectivity index (χ3v) is 3.14. The molecule has 1 aliphatic heterocycles. The molecule has 2 fully saturated rings. The molecule has 0 aromatic carbocycles. The SMILES string of the molecule is O=C(C(Cl)C1CC1)N1CCOCC1. The predicted octanol–water partition coefficient (Wildman–Crippen LogP) is 0.863. The van der Waals surface area contributed by atoms with E-state index in [1.807, 2.05) is 4.90 Å². The van der Waals surface area contributed by atoms with Gasteiger partial charge >= 0.3 is 0 Å². The van der Waals surface area contributed by atoms with Crippen LogP contribution >= 0.6 is 11.6 Å². The van der Waals surface area contributed by atoms with Crippen LogP contribution in [-0.2, 0) is 9.53 Å². The first-order valence-corrected chi connectivity index (χ1v) is 5.23. The number of amides is 1. The van der Waals surface area contributed by atoms with Crippen LogP contribution in [0.25, 0.3) is 0 Å². The van der Waals surface area contributed by atoms with E-state index >= 15 is 0 Å². The molecule has 0 spiro atoms. The molecule has 1 saturated heterocycles. The van der Waals surface area contributed by atoms with Gasteiger partial charge in [-0.2, -0.15) is 0 Å². The molecular formula is C9H14ClNO2. The van der Waals surface area contributed by atoms with Crippen LogP contribution in [0.3, 0.4) is 0 Å². The second-order valence-corrected chi connectivity index (χ2v) is 4.15. The smallest absolute Gasteiger partial charge is 0.241 e. The number of morpholine rings is 1. The molecule has 1 unspecified atom stereocenters. The maximum Gasteiger partial charge on any atom is 0.241 e. The van der Waals surface area contributed by atoms with Gasteiger partial charge in [0.1, 0.15) is 5.38 Å². The van der Waals surface area contributed by atoms with E-state index in [0.717, 1.165) is 12.8 Å². The molecule has 74 valence electrons. The first-order chi connectivity index (χ1) is 6.29. The number of carbonyl (C=O) groups excluding carboxylic acids is 1. The molecule has 1 saturated carbocycles. The number of carbonyl (C=O) groups is 1. The van der Waals surface area contributed by atoms with Gasteiger partial charge in [0.2, 0.25) is 5.91 Å². The van der Waals surface area contributed by atoms with E-state index in [9.17, 15) is 4.79 Å². The summed E-state index contributed by atoms with van der Waals surface area (Å²) < 4.78 is 5.17. The molecule has 13 heavy (non-hydrogen) atoms. The van der Waals surface area contributed by atoms with Crippen molar-refractivity contribution in [1.29, 1.82) is 0 Å². The minimum atomic E-state index is -0.280. The molecule has 0 bridgehead atoms. The highest BCUT2D eigenvalue weighted by molar-refractivity contribution is 6.31. The first-order valence-electron chi connectivity index (χ1n) is 4.79. The summed E-state index contributed by atoms with van der Waals surface area (Å²) in [6.45, 7) is 2.71. The van der Waals surface area contributed by atoms with Crippen molar-refractivity contribution in [2.75, 3.05) is 26.3 Å². The van der Waals surface area contributed by atoms with Crippen LogP contribution in [0.1, 0.15) is 12.8 Å². The summed E-state index contributed by atoms with van der Waals surface area (Å²) in [5.41, 5.74) is 0. The molecule has 1 heterocycles. The average Bonchev–Trinajstić information content (AvgIpc) is 3.00. The highest BCUT2D eigenvalue weighted by Crippen LogP contribution is 2.36. The fourth-order valence-electron chi connectivity index (χ4n) is 1.55. The Kier molecular flexibility index (Phi) is 2.74. The minimum Gasteiger partial charge on any atom is -0.378 e. The van der Waals surface area contributed by atoms with Crippen molar-refractivity contribution in [1.82, 2.24) is 4.90 Å². The summed E-state index contributed by atoms with van der Waals surface area (Å²) >= 11 is 6.03. The van der Waals surface area contributed by atoms with Gasteiger partial charge in [0.15, 0.2) is 0 Å². The monoisotopic (exact) mass is 203 g/mol. The molecule has 2 rings (SSSR count). The van der Waals surface area contributed by atoms with Gasteiger partial charge in [0, 0.05) is 13.1 Å². The first kappa shape index (κ1) is 9.28. The van der Waals surface area contributed by atoms with Gasteiger partial charge in [0.25, 0.3) is 0 Å². The van der Waals surface area contributed by atoms with Crippen molar-refractivity contribution in [3.63, 3.8) is 0 Å². The highest BCUT2D eigenvalue weighted by atomic mass is 35.5. The van der Waals surface area contributed by atoms with Crippen molar-refractivity contribution in [3.05, 3.63) is 0 Å². The van der Waals surface area contributed by atoms with Gasteiger partial charge < -0.3 is 9.64 Å². The number of alkyl halides is 1. The Hall–Kier alpha value is -0.280. The molecule has 4 heteroatoms. The van der Waals surface area contributed by atoms with Crippen molar-refractivity contribution in [2.24, 2.45) is 5.92 Å². The summed E-state index contributed by atoms with van der Waals surface area (Å²) in [6.07, 6.45) is 2.23. The predicted molar refractivity (Wildman–Crippen MR) is 49.8 cm³/mol. The second-order valence-electron chi connectivity index (χ2n) is 3.68. The number of rotatable bonds is 2. The zero-order valence-electron chi connectivity index (χ0n) is 7.54. The normalized spacial score (nSPS) is 25.8. The summed E-state index contributed by atoms with van der Waals surface area (Å²) in [7, 11) is 0. The maximum atomic E-state index is 11.7. The molecule has 3 nitrogen and oxygen atoms in total. The molecular weight excluding hydrogens is 190 g/mol. The van der Waals surface area contributed by atoms with Crippen molar-refractivity contribution in [2.45, 2.75) is 18.2 Å². The molecule has 1 aliphatic carbocycles. The Balaban J connectivity index is 1.86. The number of nitrogens with zero attached hydrogens (tertiary/aromatic N) is 1. The van der Waals surface area contributed by atoms with Gasteiger partial charge in [0.05, 0.1) is 13.2 Å². The number of ether oxygens (including phenoxy) is 1. The van der Waals surface area contributed by atoms with E-state index in [4.69, 9.17) is 16.3 Å². The van der Waals surface area contributed by atoms with Gasteiger partial charge in [-0.05, 0) is 18.8 Å². The van der Waals surface area contributed by atoms with Crippen LogP contribution < -0.4 is 0 Å². The lowest BCUT2D eigenvalue weighted by atomic mass is 10.2. The molecule has 0 aromatic heterocycles. The maximum absolute atomic E-state index is 11.7. The number of halogens is 1. The quantitative estimate of drug-likeness (QED) is 0.624. The zero-order chi connectivity index (χ0) is 9.26. The Morgan fingerprint density at radius 1 is 1.38 bits per heavy atom. The van der Waals surface area contributed by atoms with Crippen LogP contribution in [0, 0.1) is 5.92 Å². The van der Waals surface area contributed by atoms with Crippen LogP contribution in [-0.4, -0.2) is 42.5 Å². The van der Waals surface area contributed by atoms with Gasteiger partial charge in [-0.3, -0.25) is 4.79 Å². The summed E-state index contributed by atoms with van der Waals surface area (Å²) in [5.74, 6) is 0.546. The van der Waals surface area contributed by atoms with E-state index in [0.29, 0.717) is 32.2 Å². The van der Waals surface area contributed by atoms with Crippen molar-refractivity contribution in [3.8, 4) is 0 Å². The van der Waals surface area contributed by atoms with Crippen LogP contribution in [0.4, 0.5) is 0 Å². The molecule has 2 aliphatic rings. The molecule has 0 N–H and O–H groups in total. The lowest BCUT2D eigenvalue weighted by Gasteiger charge is -2.28. The van der Waals surface area contributed by atoms with Gasteiger partial charge in [-0.15, -0.1) is 11.6 Å². The Morgan fingerprint density at radius 2 is 2.00 bits per heavy atom. The largest absolute Gasteiger partial charge is 0.378 e. The lowest BCUT2D eigenvalue weighted by molar-refractivity contribution is -0.135. The minimum absolute atomic E-state index is 0.104. The molecule has 0 radical (unpaired) electrons. The van der Waals surface area contributed by atoms with Crippen LogP contribution in [0.2, 0.25) is 0 Å². The van der Waals surface area contributed by atoms with E-state index in [-0.39, 0.29) is 11.3 Å². The lowest BCUT2D eigenvalue weighted by Crippen LogP contribution is -2.44. The van der Waals surface area contributed by atoms with E-state index in [2.05, 4.69) is 0 Å². The zero-order valence-corrected chi connectivity index (χ0v) is 8.29. The standard InChI is InChI=1S/C9H14ClNO2/c10-8(7-1-2-7)9(12)11-3-5-13-6-4-11/h7-8H,1-6H2. The van der Waals surface area contributed by atoms with Crippen LogP contribution in [0.15, 0.2) is 0 Å². The third-order valence-electron chi connectivity index (χ3n) is 2.59. The average molecular weight is 204 g/mol. The van der Waals surface area contributed by atoms with Crippen molar-refractivity contribution >= 4 is 17.5 Å².